The maximum Gasteiger partial charge on any atom is 0.408 e. The fourth-order valence-electron chi connectivity index (χ4n) is 2.16. The average molecular weight is 337 g/mol. The van der Waals surface area contributed by atoms with Gasteiger partial charge in [0.2, 0.25) is 0 Å². The summed E-state index contributed by atoms with van der Waals surface area (Å²) in [5.74, 6) is 1.30. The Bertz CT molecular complexity index is 537. The minimum atomic E-state index is -0.577. The van der Waals surface area contributed by atoms with Crippen molar-refractivity contribution < 1.29 is 19.4 Å². The number of hydrogen-bond acceptors (Lipinski definition) is 4. The Hall–Kier alpha value is -1.75. The van der Waals surface area contributed by atoms with Gasteiger partial charge in [0.25, 0.3) is 0 Å². The van der Waals surface area contributed by atoms with E-state index in [1.807, 2.05) is 25.1 Å². The van der Waals surface area contributed by atoms with Gasteiger partial charge in [-0.1, -0.05) is 26.3 Å². The van der Waals surface area contributed by atoms with Crippen molar-refractivity contribution in [3.8, 4) is 5.75 Å². The number of ether oxygens (including phenoxy) is 2. The minimum absolute atomic E-state index is 0.201. The molecule has 2 atom stereocenters. The third-order valence-electron chi connectivity index (χ3n) is 3.72. The van der Waals surface area contributed by atoms with E-state index in [4.69, 9.17) is 9.47 Å². The van der Waals surface area contributed by atoms with E-state index in [0.29, 0.717) is 12.5 Å². The van der Waals surface area contributed by atoms with Gasteiger partial charge in [-0.25, -0.2) is 4.79 Å². The monoisotopic (exact) mass is 337 g/mol. The molecule has 0 heterocycles. The van der Waals surface area contributed by atoms with Gasteiger partial charge >= 0.3 is 6.09 Å². The molecule has 0 bridgehead atoms. The number of rotatable bonds is 7. The van der Waals surface area contributed by atoms with Crippen LogP contribution in [0.3, 0.4) is 0 Å². The molecule has 5 heteroatoms. The smallest absolute Gasteiger partial charge is 0.408 e. The maximum absolute atomic E-state index is 11.9. The topological polar surface area (TPSA) is 67.8 Å². The van der Waals surface area contributed by atoms with Crippen molar-refractivity contribution in [1.82, 2.24) is 5.32 Å². The van der Waals surface area contributed by atoms with Crippen LogP contribution in [0.15, 0.2) is 18.2 Å². The Kier molecular flexibility index (Phi) is 7.55. The summed E-state index contributed by atoms with van der Waals surface area (Å²) >= 11 is 0. The lowest BCUT2D eigenvalue weighted by molar-refractivity contribution is 0.0481. The Morgan fingerprint density at radius 2 is 2.00 bits per heavy atom. The van der Waals surface area contributed by atoms with Crippen LogP contribution in [0.4, 0.5) is 4.79 Å². The van der Waals surface area contributed by atoms with Crippen LogP contribution in [-0.2, 0) is 4.74 Å². The van der Waals surface area contributed by atoms with E-state index in [-0.39, 0.29) is 6.61 Å². The van der Waals surface area contributed by atoms with E-state index in [1.54, 1.807) is 20.8 Å². The Morgan fingerprint density at radius 3 is 2.50 bits per heavy atom. The number of carbonyl (C=O) groups excluding carboxylic acids is 1. The number of aryl methyl sites for hydroxylation is 1. The first-order valence-electron chi connectivity index (χ1n) is 8.50. The second-order valence-corrected chi connectivity index (χ2v) is 7.22. The molecule has 0 aliphatic rings. The van der Waals surface area contributed by atoms with E-state index in [0.717, 1.165) is 23.3 Å². The van der Waals surface area contributed by atoms with Gasteiger partial charge in [0.1, 0.15) is 11.4 Å². The van der Waals surface area contributed by atoms with Crippen molar-refractivity contribution >= 4 is 6.09 Å². The lowest BCUT2D eigenvalue weighted by Gasteiger charge is -2.24. The number of amides is 1. The zero-order valence-corrected chi connectivity index (χ0v) is 15.7. The molecule has 1 aromatic rings. The van der Waals surface area contributed by atoms with Gasteiger partial charge in [0, 0.05) is 0 Å². The molecule has 136 valence electrons. The Morgan fingerprint density at radius 1 is 1.33 bits per heavy atom. The van der Waals surface area contributed by atoms with Gasteiger partial charge in [-0.2, -0.15) is 0 Å². The van der Waals surface area contributed by atoms with E-state index >= 15 is 0 Å². The zero-order valence-electron chi connectivity index (χ0n) is 15.7. The van der Waals surface area contributed by atoms with Crippen molar-refractivity contribution in [3.63, 3.8) is 0 Å². The molecule has 0 fully saturated rings. The molecule has 24 heavy (non-hydrogen) atoms. The first-order chi connectivity index (χ1) is 11.2. The molecule has 2 N–H and O–H groups in total. The third kappa shape index (κ3) is 6.79. The van der Waals surface area contributed by atoms with Crippen molar-refractivity contribution in [2.24, 2.45) is 5.92 Å². The van der Waals surface area contributed by atoms with Gasteiger partial charge < -0.3 is 19.9 Å². The normalized spacial score (nSPS) is 14.0. The number of aliphatic hydroxyl groups is 1. The molecule has 1 aromatic carbocycles. The Balaban J connectivity index is 2.77. The minimum Gasteiger partial charge on any atom is -0.493 e. The van der Waals surface area contributed by atoms with Crippen LogP contribution in [0.25, 0.3) is 0 Å². The molecule has 0 aromatic heterocycles. The molecular formula is C19H31NO4. The van der Waals surface area contributed by atoms with Gasteiger partial charge in [0.15, 0.2) is 0 Å². The molecule has 5 nitrogen and oxygen atoms in total. The van der Waals surface area contributed by atoms with Crippen LogP contribution in [0.2, 0.25) is 0 Å². The highest BCUT2D eigenvalue weighted by Crippen LogP contribution is 2.23. The molecule has 0 aliphatic heterocycles. The number of nitrogens with one attached hydrogen (secondary N) is 1. The molecule has 0 saturated heterocycles. The number of aliphatic hydroxyl groups excluding tert-OH is 1. The summed E-state index contributed by atoms with van der Waals surface area (Å²) in [5, 5.41) is 12.3. The van der Waals surface area contributed by atoms with Crippen LogP contribution in [0, 0.1) is 12.8 Å². The first kappa shape index (κ1) is 20.3. The van der Waals surface area contributed by atoms with Crippen LogP contribution < -0.4 is 10.1 Å². The van der Waals surface area contributed by atoms with Gasteiger partial charge in [-0.05, 0) is 56.9 Å². The summed E-state index contributed by atoms with van der Waals surface area (Å²) < 4.78 is 11.0. The Labute approximate surface area is 145 Å². The number of carbonyl (C=O) groups is 1. The van der Waals surface area contributed by atoms with Gasteiger partial charge in [-0.15, -0.1) is 0 Å². The summed E-state index contributed by atoms with van der Waals surface area (Å²) in [5.41, 5.74) is 1.22. The summed E-state index contributed by atoms with van der Waals surface area (Å²) in [6.07, 6.45) is 0.529. The second-order valence-electron chi connectivity index (χ2n) is 7.22. The van der Waals surface area contributed by atoms with E-state index in [1.165, 1.54) is 0 Å². The van der Waals surface area contributed by atoms with Crippen molar-refractivity contribution in [2.45, 2.75) is 59.6 Å². The predicted molar refractivity (Wildman–Crippen MR) is 95.3 cm³/mol. The lowest BCUT2D eigenvalue weighted by atomic mass is 10.0. The molecule has 0 aliphatic carbocycles. The highest BCUT2D eigenvalue weighted by molar-refractivity contribution is 5.68. The quantitative estimate of drug-likeness (QED) is 0.790. The molecular weight excluding hydrogens is 306 g/mol. The summed E-state index contributed by atoms with van der Waals surface area (Å²) in [7, 11) is 0. The van der Waals surface area contributed by atoms with E-state index < -0.39 is 17.7 Å². The van der Waals surface area contributed by atoms with Crippen LogP contribution in [0.5, 0.6) is 5.75 Å². The first-order valence-corrected chi connectivity index (χ1v) is 8.50. The average Bonchev–Trinajstić information content (AvgIpc) is 2.49. The number of hydrogen-bond donors (Lipinski definition) is 2. The number of benzene rings is 1. The van der Waals surface area contributed by atoms with Crippen LogP contribution in [-0.4, -0.2) is 30.0 Å². The highest BCUT2D eigenvalue weighted by atomic mass is 16.6. The highest BCUT2D eigenvalue weighted by Gasteiger charge is 2.21. The fraction of sp³-hybridized carbons (Fsp3) is 0.632. The van der Waals surface area contributed by atoms with Crippen LogP contribution in [0.1, 0.15) is 58.2 Å². The summed E-state index contributed by atoms with van der Waals surface area (Å²) in [6.45, 7) is 12.1. The standard InChI is InChI=1S/C19H31NO4/c1-7-13(2)12-23-15-8-9-16(14(3)10-15)17(11-21)20-18(22)24-19(4,5)6/h8-10,13,17,21H,7,11-12H2,1-6H3,(H,20,22)/t13?,17-/m0/s1. The molecule has 0 radical (unpaired) electrons. The van der Waals surface area contributed by atoms with Crippen molar-refractivity contribution in [2.75, 3.05) is 13.2 Å². The molecule has 0 saturated carbocycles. The summed E-state index contributed by atoms with van der Waals surface area (Å²) in [4.78, 5) is 11.9. The maximum atomic E-state index is 11.9. The van der Waals surface area contributed by atoms with E-state index in [2.05, 4.69) is 19.2 Å². The summed E-state index contributed by atoms with van der Waals surface area (Å²) in [6, 6.07) is 5.16. The molecule has 1 amide bonds. The molecule has 1 rings (SSSR count). The number of alkyl carbamates (subject to hydrolysis) is 1. The van der Waals surface area contributed by atoms with Gasteiger partial charge in [0.05, 0.1) is 19.3 Å². The third-order valence-corrected chi connectivity index (χ3v) is 3.72. The zero-order chi connectivity index (χ0) is 18.3. The van der Waals surface area contributed by atoms with Crippen LogP contribution >= 0.6 is 0 Å². The SMILES string of the molecule is CCC(C)COc1ccc([C@H](CO)NC(=O)OC(C)(C)C)c(C)c1. The predicted octanol–water partition coefficient (Wildman–Crippen LogP) is 3.98. The molecule has 0 spiro atoms. The molecule has 1 unspecified atom stereocenters. The van der Waals surface area contributed by atoms with E-state index in [9.17, 15) is 9.90 Å². The van der Waals surface area contributed by atoms with Gasteiger partial charge in [-0.3, -0.25) is 0 Å². The van der Waals surface area contributed by atoms with Crippen molar-refractivity contribution in [3.05, 3.63) is 29.3 Å². The fourth-order valence-corrected chi connectivity index (χ4v) is 2.16. The van der Waals surface area contributed by atoms with Crippen molar-refractivity contribution in [1.29, 1.82) is 0 Å². The second kappa shape index (κ2) is 8.92. The lowest BCUT2D eigenvalue weighted by Crippen LogP contribution is -2.36. The largest absolute Gasteiger partial charge is 0.493 e.